The molecule has 1 spiro atoms. The Morgan fingerprint density at radius 1 is 1.12 bits per heavy atom. The van der Waals surface area contributed by atoms with Crippen molar-refractivity contribution in [1.29, 1.82) is 0 Å². The minimum Gasteiger partial charge on any atom is -0.350 e. The summed E-state index contributed by atoms with van der Waals surface area (Å²) in [5, 5.41) is 5.84. The van der Waals surface area contributed by atoms with Gasteiger partial charge in [-0.15, -0.1) is 0 Å². The summed E-state index contributed by atoms with van der Waals surface area (Å²) in [6.07, 6.45) is 4.20. The van der Waals surface area contributed by atoms with E-state index in [-0.39, 0.29) is 23.8 Å². The Labute approximate surface area is 204 Å². The van der Waals surface area contributed by atoms with Crippen molar-refractivity contribution >= 4 is 17.8 Å². The SMILES string of the molecule is CCN(CC)Cc1ccccc1CNC(=O)CN1C(=O)NC2(CCC(C(C)(C)CC)CC2)C1=O. The van der Waals surface area contributed by atoms with Gasteiger partial charge in [0.05, 0.1) is 0 Å². The van der Waals surface area contributed by atoms with Gasteiger partial charge in [-0.3, -0.25) is 19.4 Å². The first-order chi connectivity index (χ1) is 16.2. The van der Waals surface area contributed by atoms with E-state index in [1.807, 2.05) is 18.2 Å². The molecule has 1 aromatic rings. The molecule has 3 rings (SSSR count). The molecule has 1 heterocycles. The Hall–Kier alpha value is -2.41. The molecular weight excluding hydrogens is 428 g/mol. The topological polar surface area (TPSA) is 81.8 Å². The number of urea groups is 1. The van der Waals surface area contributed by atoms with Crippen molar-refractivity contribution in [1.82, 2.24) is 20.4 Å². The highest BCUT2D eigenvalue weighted by atomic mass is 16.2. The molecule has 188 valence electrons. The van der Waals surface area contributed by atoms with Crippen molar-refractivity contribution in [2.45, 2.75) is 85.4 Å². The van der Waals surface area contributed by atoms with Gasteiger partial charge in [-0.1, -0.05) is 65.3 Å². The molecule has 7 heteroatoms. The van der Waals surface area contributed by atoms with Crippen LogP contribution in [0.3, 0.4) is 0 Å². The number of nitrogens with one attached hydrogen (secondary N) is 2. The largest absolute Gasteiger partial charge is 0.350 e. The van der Waals surface area contributed by atoms with E-state index >= 15 is 0 Å². The van der Waals surface area contributed by atoms with E-state index in [1.165, 1.54) is 5.56 Å². The molecule has 34 heavy (non-hydrogen) atoms. The summed E-state index contributed by atoms with van der Waals surface area (Å²) in [7, 11) is 0. The first-order valence-electron chi connectivity index (χ1n) is 12.9. The fourth-order valence-electron chi connectivity index (χ4n) is 5.31. The standard InChI is InChI=1S/C27H42N4O3/c1-6-26(4,5)22-13-15-27(16-14-22)24(33)31(25(34)29-27)19-23(32)28-17-20-11-9-10-12-21(20)18-30(7-2)8-3/h9-12,22H,6-8,13-19H2,1-5H3,(H,28,32)(H,29,34). The average Bonchev–Trinajstić information content (AvgIpc) is 3.05. The van der Waals surface area contributed by atoms with Gasteiger partial charge < -0.3 is 10.6 Å². The summed E-state index contributed by atoms with van der Waals surface area (Å²) in [5.74, 6) is -0.0251. The lowest BCUT2D eigenvalue weighted by atomic mass is 9.65. The molecule has 0 radical (unpaired) electrons. The quantitative estimate of drug-likeness (QED) is 0.505. The molecule has 1 aromatic carbocycles. The third kappa shape index (κ3) is 5.62. The van der Waals surface area contributed by atoms with Crippen LogP contribution in [-0.4, -0.2) is 52.8 Å². The maximum Gasteiger partial charge on any atom is 0.325 e. The van der Waals surface area contributed by atoms with Crippen molar-refractivity contribution in [3.05, 3.63) is 35.4 Å². The lowest BCUT2D eigenvalue weighted by Crippen LogP contribution is -2.51. The van der Waals surface area contributed by atoms with Crippen LogP contribution in [0.5, 0.6) is 0 Å². The maximum absolute atomic E-state index is 13.2. The molecular formula is C27H42N4O3. The second-order valence-corrected chi connectivity index (χ2v) is 10.5. The summed E-state index contributed by atoms with van der Waals surface area (Å²) in [4.78, 5) is 42.0. The van der Waals surface area contributed by atoms with Crippen molar-refractivity contribution in [2.24, 2.45) is 11.3 Å². The number of benzene rings is 1. The molecule has 1 aliphatic carbocycles. The number of amides is 4. The molecule has 4 amide bonds. The Morgan fingerprint density at radius 2 is 1.74 bits per heavy atom. The Bertz CT molecular complexity index is 886. The fraction of sp³-hybridized carbons (Fsp3) is 0.667. The molecule has 7 nitrogen and oxygen atoms in total. The fourth-order valence-corrected chi connectivity index (χ4v) is 5.31. The molecule has 0 atom stereocenters. The lowest BCUT2D eigenvalue weighted by molar-refractivity contribution is -0.136. The summed E-state index contributed by atoms with van der Waals surface area (Å²) in [6, 6.07) is 7.61. The number of rotatable bonds is 10. The zero-order chi connectivity index (χ0) is 24.9. The first-order valence-corrected chi connectivity index (χ1v) is 12.9. The van der Waals surface area contributed by atoms with Crippen LogP contribution in [0.15, 0.2) is 24.3 Å². The maximum atomic E-state index is 13.2. The van der Waals surface area contributed by atoms with E-state index in [0.29, 0.717) is 25.3 Å². The van der Waals surface area contributed by atoms with Gasteiger partial charge in [-0.25, -0.2) is 4.79 Å². The minimum atomic E-state index is -0.839. The van der Waals surface area contributed by atoms with Crippen molar-refractivity contribution in [3.63, 3.8) is 0 Å². The van der Waals surface area contributed by atoms with Gasteiger partial charge in [0.2, 0.25) is 5.91 Å². The van der Waals surface area contributed by atoms with Crippen LogP contribution in [0.2, 0.25) is 0 Å². The van der Waals surface area contributed by atoms with E-state index in [0.717, 1.165) is 49.4 Å². The van der Waals surface area contributed by atoms with Crippen molar-refractivity contribution < 1.29 is 14.4 Å². The predicted molar refractivity (Wildman–Crippen MR) is 134 cm³/mol. The van der Waals surface area contributed by atoms with E-state index in [1.54, 1.807) is 0 Å². The van der Waals surface area contributed by atoms with E-state index in [9.17, 15) is 14.4 Å². The number of hydrogen-bond donors (Lipinski definition) is 2. The van der Waals surface area contributed by atoms with Gasteiger partial charge in [-0.2, -0.15) is 0 Å². The highest BCUT2D eigenvalue weighted by molar-refractivity contribution is 6.09. The molecule has 0 aromatic heterocycles. The van der Waals surface area contributed by atoms with E-state index < -0.39 is 11.6 Å². The summed E-state index contributed by atoms with van der Waals surface area (Å²) >= 11 is 0. The lowest BCUT2D eigenvalue weighted by Gasteiger charge is -2.42. The average molecular weight is 471 g/mol. The van der Waals surface area contributed by atoms with Crippen LogP contribution in [0, 0.1) is 11.3 Å². The zero-order valence-electron chi connectivity index (χ0n) is 21.6. The van der Waals surface area contributed by atoms with E-state index in [4.69, 9.17) is 0 Å². The van der Waals surface area contributed by atoms with Crippen LogP contribution in [0.1, 0.15) is 77.8 Å². The zero-order valence-corrected chi connectivity index (χ0v) is 21.6. The van der Waals surface area contributed by atoms with Gasteiger partial charge in [-0.05, 0) is 61.2 Å². The van der Waals surface area contributed by atoms with Crippen LogP contribution in [0.4, 0.5) is 4.79 Å². The van der Waals surface area contributed by atoms with Gasteiger partial charge >= 0.3 is 6.03 Å². The number of imide groups is 1. The second-order valence-electron chi connectivity index (χ2n) is 10.5. The number of carbonyl (C=O) groups is 3. The highest BCUT2D eigenvalue weighted by Gasteiger charge is 2.53. The minimum absolute atomic E-state index is 0.231. The molecule has 1 saturated carbocycles. The van der Waals surface area contributed by atoms with Crippen molar-refractivity contribution in [2.75, 3.05) is 19.6 Å². The van der Waals surface area contributed by atoms with Crippen LogP contribution in [-0.2, 0) is 22.7 Å². The molecule has 2 N–H and O–H groups in total. The van der Waals surface area contributed by atoms with Crippen LogP contribution >= 0.6 is 0 Å². The van der Waals surface area contributed by atoms with Gasteiger partial charge in [0.25, 0.3) is 5.91 Å². The molecule has 0 bridgehead atoms. The Morgan fingerprint density at radius 3 is 2.32 bits per heavy atom. The monoisotopic (exact) mass is 470 g/mol. The van der Waals surface area contributed by atoms with Gasteiger partial charge in [0, 0.05) is 13.1 Å². The molecule has 1 saturated heterocycles. The second kappa shape index (κ2) is 10.9. The molecule has 0 unspecified atom stereocenters. The molecule has 1 aliphatic heterocycles. The number of nitrogens with zero attached hydrogens (tertiary/aromatic N) is 2. The summed E-state index contributed by atoms with van der Waals surface area (Å²) in [6.45, 7) is 13.9. The van der Waals surface area contributed by atoms with Gasteiger partial charge in [0.15, 0.2) is 0 Å². The first kappa shape index (κ1) is 26.2. The predicted octanol–water partition coefficient (Wildman–Crippen LogP) is 4.06. The highest BCUT2D eigenvalue weighted by Crippen LogP contribution is 2.45. The molecule has 2 fully saturated rings. The third-order valence-electron chi connectivity index (χ3n) is 8.29. The Kier molecular flexibility index (Phi) is 8.39. The normalized spacial score (nSPS) is 23.0. The van der Waals surface area contributed by atoms with Crippen LogP contribution in [0.25, 0.3) is 0 Å². The summed E-state index contributed by atoms with van der Waals surface area (Å²) in [5.41, 5.74) is 1.61. The number of carbonyl (C=O) groups excluding carboxylic acids is 3. The third-order valence-corrected chi connectivity index (χ3v) is 8.29. The molecule has 2 aliphatic rings. The summed E-state index contributed by atoms with van der Waals surface area (Å²) < 4.78 is 0. The van der Waals surface area contributed by atoms with Gasteiger partial charge in [0.1, 0.15) is 12.1 Å². The van der Waals surface area contributed by atoms with Crippen LogP contribution < -0.4 is 10.6 Å². The van der Waals surface area contributed by atoms with Crippen molar-refractivity contribution in [3.8, 4) is 0 Å². The smallest absolute Gasteiger partial charge is 0.325 e. The Balaban J connectivity index is 1.57. The number of hydrogen-bond acceptors (Lipinski definition) is 4. The van der Waals surface area contributed by atoms with E-state index in [2.05, 4.69) is 56.2 Å².